The zero-order valence-corrected chi connectivity index (χ0v) is 16.9. The van der Waals surface area contributed by atoms with Crippen molar-refractivity contribution in [2.24, 2.45) is 0 Å². The second-order valence-electron chi connectivity index (χ2n) is 7.93. The average molecular weight is 400 g/mol. The van der Waals surface area contributed by atoms with Crippen molar-refractivity contribution in [3.8, 4) is 0 Å². The predicted molar refractivity (Wildman–Crippen MR) is 128 cm³/mol. The number of amides is 1. The molecule has 1 aromatic heterocycles. The molecule has 3 heteroatoms. The third-order valence-corrected chi connectivity index (χ3v) is 6.05. The van der Waals surface area contributed by atoms with Crippen LogP contribution >= 0.6 is 0 Å². The monoisotopic (exact) mass is 400 g/mol. The van der Waals surface area contributed by atoms with Gasteiger partial charge in [0.2, 0.25) is 0 Å². The van der Waals surface area contributed by atoms with E-state index in [-0.39, 0.29) is 5.91 Å². The first-order valence-corrected chi connectivity index (χ1v) is 10.4. The molecule has 0 bridgehead atoms. The topological polar surface area (TPSA) is 34.0 Å². The van der Waals surface area contributed by atoms with Crippen molar-refractivity contribution in [1.82, 2.24) is 4.57 Å². The van der Waals surface area contributed by atoms with Crippen LogP contribution in [0, 0.1) is 0 Å². The molecular weight excluding hydrogens is 380 g/mol. The van der Waals surface area contributed by atoms with Crippen LogP contribution in [0.3, 0.4) is 0 Å². The summed E-state index contributed by atoms with van der Waals surface area (Å²) in [6.45, 7) is 0.772. The summed E-state index contributed by atoms with van der Waals surface area (Å²) >= 11 is 0. The van der Waals surface area contributed by atoms with Gasteiger partial charge in [0.25, 0.3) is 5.91 Å². The number of carbonyl (C=O) groups excluding carboxylic acids is 1. The lowest BCUT2D eigenvalue weighted by Crippen LogP contribution is -2.03. The first-order chi connectivity index (χ1) is 15.3. The highest BCUT2D eigenvalue weighted by molar-refractivity contribution is 6.35. The van der Waals surface area contributed by atoms with Gasteiger partial charge in [-0.2, -0.15) is 0 Å². The Morgan fingerprint density at radius 3 is 2.45 bits per heavy atom. The number of hydrogen-bond donors (Lipinski definition) is 1. The molecule has 0 radical (unpaired) electrons. The fraction of sp³-hybridized carbons (Fsp3) is 0.0357. The highest BCUT2D eigenvalue weighted by Crippen LogP contribution is 2.34. The molecule has 5 aromatic rings. The van der Waals surface area contributed by atoms with Gasteiger partial charge in [-0.25, -0.2) is 0 Å². The smallest absolute Gasteiger partial charge is 0.256 e. The lowest BCUT2D eigenvalue weighted by molar-refractivity contribution is -0.110. The van der Waals surface area contributed by atoms with Crippen LogP contribution in [-0.2, 0) is 11.3 Å². The summed E-state index contributed by atoms with van der Waals surface area (Å²) in [4.78, 5) is 12.6. The highest BCUT2D eigenvalue weighted by Gasteiger charge is 2.24. The van der Waals surface area contributed by atoms with Crippen molar-refractivity contribution in [3.63, 3.8) is 0 Å². The molecule has 3 nitrogen and oxygen atoms in total. The Balaban J connectivity index is 1.49. The third kappa shape index (κ3) is 2.94. The Morgan fingerprint density at radius 2 is 1.52 bits per heavy atom. The van der Waals surface area contributed by atoms with E-state index in [1.807, 2.05) is 30.3 Å². The molecule has 1 aliphatic heterocycles. The van der Waals surface area contributed by atoms with Gasteiger partial charge in [0.1, 0.15) is 0 Å². The van der Waals surface area contributed by atoms with E-state index < -0.39 is 0 Å². The predicted octanol–water partition coefficient (Wildman–Crippen LogP) is 6.34. The molecule has 31 heavy (non-hydrogen) atoms. The Hall–Kier alpha value is -4.11. The summed E-state index contributed by atoms with van der Waals surface area (Å²) in [5.74, 6) is -0.0490. The van der Waals surface area contributed by atoms with Crippen molar-refractivity contribution in [2.75, 3.05) is 5.32 Å². The molecule has 0 saturated heterocycles. The zero-order chi connectivity index (χ0) is 20.8. The van der Waals surface area contributed by atoms with E-state index >= 15 is 0 Å². The molecule has 148 valence electrons. The molecule has 0 spiro atoms. The van der Waals surface area contributed by atoms with Gasteiger partial charge in [0.05, 0.1) is 0 Å². The lowest BCUT2D eigenvalue weighted by atomic mass is 10.0. The quantitative estimate of drug-likeness (QED) is 0.353. The largest absolute Gasteiger partial charge is 0.342 e. The van der Waals surface area contributed by atoms with Crippen LogP contribution < -0.4 is 5.32 Å². The van der Waals surface area contributed by atoms with Gasteiger partial charge in [0.15, 0.2) is 0 Å². The molecule has 0 fully saturated rings. The third-order valence-electron chi connectivity index (χ3n) is 6.05. The average Bonchev–Trinajstić information content (AvgIpc) is 3.32. The summed E-state index contributed by atoms with van der Waals surface area (Å²) in [7, 11) is 0. The molecule has 1 aliphatic rings. The summed E-state index contributed by atoms with van der Waals surface area (Å²) in [5, 5.41) is 6.63. The Kier molecular flexibility index (Phi) is 4.00. The SMILES string of the molecule is O=C1Nc2ccccc2/C1=C/c1cn(Cc2cccc3ccccc23)c2ccccc12. The van der Waals surface area contributed by atoms with Gasteiger partial charge in [-0.15, -0.1) is 0 Å². The van der Waals surface area contributed by atoms with Crippen LogP contribution in [0.2, 0.25) is 0 Å². The van der Waals surface area contributed by atoms with E-state index in [0.717, 1.165) is 34.3 Å². The standard InChI is InChI=1S/C28H20N2O/c31-28-25(24-13-3-5-14-26(24)29-28)16-21-18-30(27-15-6-4-12-23(21)27)17-20-10-7-9-19-8-1-2-11-22(19)20/h1-16,18H,17H2,(H,29,31)/b25-16-. The minimum absolute atomic E-state index is 0.0490. The first-order valence-electron chi connectivity index (χ1n) is 10.4. The Labute approximate surface area is 180 Å². The van der Waals surface area contributed by atoms with Gasteiger partial charge >= 0.3 is 0 Å². The number of anilines is 1. The maximum absolute atomic E-state index is 12.6. The maximum atomic E-state index is 12.6. The first kappa shape index (κ1) is 17.7. The van der Waals surface area contributed by atoms with Crippen molar-refractivity contribution in [1.29, 1.82) is 0 Å². The Morgan fingerprint density at radius 1 is 0.774 bits per heavy atom. The number of fused-ring (bicyclic) bond motifs is 3. The Bertz CT molecular complexity index is 1500. The fourth-order valence-corrected chi connectivity index (χ4v) is 4.57. The van der Waals surface area contributed by atoms with E-state index in [2.05, 4.69) is 82.8 Å². The molecule has 0 unspecified atom stereocenters. The van der Waals surface area contributed by atoms with E-state index in [4.69, 9.17) is 0 Å². The number of carbonyl (C=O) groups is 1. The van der Waals surface area contributed by atoms with Crippen molar-refractivity contribution in [2.45, 2.75) is 6.54 Å². The summed E-state index contributed by atoms with van der Waals surface area (Å²) in [6, 6.07) is 31.2. The number of rotatable bonds is 3. The van der Waals surface area contributed by atoms with Crippen LogP contribution in [0.5, 0.6) is 0 Å². The van der Waals surface area contributed by atoms with Crippen molar-refractivity contribution < 1.29 is 4.79 Å². The molecule has 2 heterocycles. The van der Waals surface area contributed by atoms with Gasteiger partial charge < -0.3 is 9.88 Å². The molecular formula is C28H20N2O. The van der Waals surface area contributed by atoms with Crippen molar-refractivity contribution >= 4 is 44.9 Å². The van der Waals surface area contributed by atoms with Gasteiger partial charge in [-0.05, 0) is 34.5 Å². The number of aromatic nitrogens is 1. The van der Waals surface area contributed by atoms with Gasteiger partial charge in [0, 0.05) is 46.0 Å². The zero-order valence-electron chi connectivity index (χ0n) is 16.9. The van der Waals surface area contributed by atoms with Gasteiger partial charge in [-0.1, -0.05) is 78.9 Å². The molecule has 0 atom stereocenters. The van der Waals surface area contributed by atoms with E-state index in [1.165, 1.54) is 16.3 Å². The van der Waals surface area contributed by atoms with E-state index in [9.17, 15) is 4.79 Å². The summed E-state index contributed by atoms with van der Waals surface area (Å²) < 4.78 is 2.28. The highest BCUT2D eigenvalue weighted by atomic mass is 16.2. The molecule has 1 N–H and O–H groups in total. The second-order valence-corrected chi connectivity index (χ2v) is 7.93. The van der Waals surface area contributed by atoms with Gasteiger partial charge in [-0.3, -0.25) is 4.79 Å². The number of hydrogen-bond acceptors (Lipinski definition) is 1. The number of nitrogens with zero attached hydrogens (tertiary/aromatic N) is 1. The number of nitrogens with one attached hydrogen (secondary N) is 1. The minimum Gasteiger partial charge on any atom is -0.342 e. The second kappa shape index (κ2) is 6.99. The van der Waals surface area contributed by atoms with E-state index in [0.29, 0.717) is 5.57 Å². The molecule has 0 aliphatic carbocycles. The summed E-state index contributed by atoms with van der Waals surface area (Å²) in [6.07, 6.45) is 4.18. The van der Waals surface area contributed by atoms with Crippen LogP contribution in [0.25, 0.3) is 33.3 Å². The maximum Gasteiger partial charge on any atom is 0.256 e. The normalized spacial score (nSPS) is 14.3. The molecule has 6 rings (SSSR count). The number of benzene rings is 4. The summed E-state index contributed by atoms with van der Waals surface area (Å²) in [5.41, 5.74) is 6.04. The molecule has 4 aromatic carbocycles. The van der Waals surface area contributed by atoms with Crippen LogP contribution in [-0.4, -0.2) is 10.5 Å². The molecule has 0 saturated carbocycles. The van der Waals surface area contributed by atoms with Crippen LogP contribution in [0.4, 0.5) is 5.69 Å². The van der Waals surface area contributed by atoms with Crippen LogP contribution in [0.15, 0.2) is 97.2 Å². The van der Waals surface area contributed by atoms with Crippen LogP contribution in [0.1, 0.15) is 16.7 Å². The minimum atomic E-state index is -0.0490. The fourth-order valence-electron chi connectivity index (χ4n) is 4.57. The molecule has 1 amide bonds. The lowest BCUT2D eigenvalue weighted by Gasteiger charge is -2.09. The van der Waals surface area contributed by atoms with Crippen molar-refractivity contribution in [3.05, 3.63) is 114 Å². The number of para-hydroxylation sites is 2. The van der Waals surface area contributed by atoms with E-state index in [1.54, 1.807) is 0 Å².